The highest BCUT2D eigenvalue weighted by Gasteiger charge is 2.18. The van der Waals surface area contributed by atoms with Crippen LogP contribution in [0.25, 0.3) is 0 Å². The Kier molecular flexibility index (Phi) is 18.9. The molecule has 0 aliphatic carbocycles. The van der Waals surface area contributed by atoms with E-state index in [1.165, 1.54) is 12.1 Å². The lowest BCUT2D eigenvalue weighted by Gasteiger charge is -2.24. The van der Waals surface area contributed by atoms with E-state index in [-0.39, 0.29) is 34.6 Å². The lowest BCUT2D eigenvalue weighted by molar-refractivity contribution is 0.0276. The second-order valence-corrected chi connectivity index (χ2v) is 17.3. The van der Waals surface area contributed by atoms with Crippen LogP contribution in [-0.2, 0) is 20.8 Å². The number of hydrogen-bond donors (Lipinski definition) is 6. The van der Waals surface area contributed by atoms with Gasteiger partial charge in [0.25, 0.3) is 17.7 Å². The molecule has 6 aromatic carbocycles. The van der Waals surface area contributed by atoms with Gasteiger partial charge in [0.05, 0.1) is 43.7 Å². The summed E-state index contributed by atoms with van der Waals surface area (Å²) in [7, 11) is 0. The fraction of sp³-hybridized carbons (Fsp3) is 0.250. The molecule has 12 nitrogen and oxygen atoms in total. The monoisotopic (exact) mass is 980 g/mol. The van der Waals surface area contributed by atoms with Crippen LogP contribution in [0.1, 0.15) is 66.4 Å². The van der Waals surface area contributed by atoms with E-state index in [9.17, 15) is 18.8 Å². The normalized spacial score (nSPS) is 17.6. The summed E-state index contributed by atoms with van der Waals surface area (Å²) >= 11 is 17.3. The number of amides is 3. The molecule has 0 spiro atoms. The summed E-state index contributed by atoms with van der Waals surface area (Å²) in [5, 5.41) is 19.7. The Morgan fingerprint density at radius 3 is 1.41 bits per heavy atom. The van der Waals surface area contributed by atoms with Crippen molar-refractivity contribution in [1.82, 2.24) is 16.0 Å². The lowest BCUT2D eigenvalue weighted by atomic mass is 10.1. The van der Waals surface area contributed by atoms with Crippen molar-refractivity contribution in [2.75, 3.05) is 68.4 Å². The molecule has 0 radical (unpaired) electrons. The van der Waals surface area contributed by atoms with Crippen LogP contribution in [0.4, 0.5) is 21.5 Å². The standard InChI is InChI=1S/C18H19ClN2O2.C17H16ClFN2O2.C17H17ClN2O2/c19-15-5-3-14(4-6-15)18(22)21-16-7-1-13(2-8-16)12-23-17-9-10-20-11-17;18-12-3-6-14(15(19)9-12)17(22)21-13-4-1-11(2-5-13)16-10-20-7-8-23-16;18-14-5-1-13(2-6-14)17(21)20-15-7-3-12(4-8-15)16-11-19-9-10-22-16/h1-8,17,20H,9-12H2,(H,21,22);1-6,9,16,20H,7-8,10H2,(H,21,22);1-8,16,19H,9-11H2,(H,20,21)/t;;16-/m..1/s1. The van der Waals surface area contributed by atoms with Crippen molar-refractivity contribution in [2.24, 2.45) is 0 Å². The molecule has 3 amide bonds. The first-order valence-corrected chi connectivity index (χ1v) is 23.4. The highest BCUT2D eigenvalue weighted by atomic mass is 35.5. The van der Waals surface area contributed by atoms with Crippen LogP contribution in [0, 0.1) is 5.82 Å². The second kappa shape index (κ2) is 25.6. The fourth-order valence-electron chi connectivity index (χ4n) is 7.27. The lowest BCUT2D eigenvalue weighted by Crippen LogP contribution is -2.33. The summed E-state index contributed by atoms with van der Waals surface area (Å²) in [5.74, 6) is -1.46. The van der Waals surface area contributed by atoms with Gasteiger partial charge in [0, 0.05) is 76.0 Å². The number of anilines is 3. The largest absolute Gasteiger partial charge is 0.372 e. The SMILES string of the molecule is O=C(Nc1ccc(C2CNCCO2)cc1)c1ccc(Cl)cc1F.O=C(Nc1ccc(COC2CCNC2)cc1)c1ccc(Cl)cc1.O=C(Nc1ccc([C@H]2CNCCO2)cc1)c1ccc(Cl)cc1. The van der Waals surface area contributed by atoms with Crippen LogP contribution in [0.2, 0.25) is 15.1 Å². The third-order valence-electron chi connectivity index (χ3n) is 11.0. The van der Waals surface area contributed by atoms with Gasteiger partial charge in [-0.3, -0.25) is 14.4 Å². The first-order valence-electron chi connectivity index (χ1n) is 22.2. The smallest absolute Gasteiger partial charge is 0.258 e. The molecule has 0 saturated carbocycles. The minimum atomic E-state index is -0.645. The zero-order valence-electron chi connectivity index (χ0n) is 37.0. The van der Waals surface area contributed by atoms with Gasteiger partial charge in [-0.1, -0.05) is 71.2 Å². The molecule has 3 heterocycles. The molecule has 3 aliphatic rings. The van der Waals surface area contributed by atoms with Gasteiger partial charge in [0.2, 0.25) is 0 Å². The first kappa shape index (κ1) is 50.2. The molecule has 3 atom stereocenters. The van der Waals surface area contributed by atoms with Crippen LogP contribution in [0.15, 0.2) is 140 Å². The Hall–Kier alpha value is -5.71. The molecule has 0 aromatic heterocycles. The summed E-state index contributed by atoms with van der Waals surface area (Å²) in [6.07, 6.45) is 1.46. The third-order valence-corrected chi connectivity index (χ3v) is 11.8. The average Bonchev–Trinajstić information content (AvgIpc) is 3.90. The van der Waals surface area contributed by atoms with E-state index in [2.05, 4.69) is 31.9 Å². The average molecular weight is 982 g/mol. The van der Waals surface area contributed by atoms with Gasteiger partial charge in [0.1, 0.15) is 5.82 Å². The third kappa shape index (κ3) is 15.4. The second-order valence-electron chi connectivity index (χ2n) is 16.0. The highest BCUT2D eigenvalue weighted by molar-refractivity contribution is 6.31. The highest BCUT2D eigenvalue weighted by Crippen LogP contribution is 2.24. The maximum atomic E-state index is 13.7. The predicted octanol–water partition coefficient (Wildman–Crippen LogP) is 10.1. The van der Waals surface area contributed by atoms with Gasteiger partial charge >= 0.3 is 0 Å². The fourth-order valence-corrected chi connectivity index (χ4v) is 7.68. The molecule has 0 bridgehead atoms. The summed E-state index contributed by atoms with van der Waals surface area (Å²) in [4.78, 5) is 36.4. The Balaban J connectivity index is 0.000000151. The molecule has 3 aliphatic heterocycles. The Bertz CT molecular complexity index is 2560. The van der Waals surface area contributed by atoms with Crippen molar-refractivity contribution in [2.45, 2.75) is 31.3 Å². The quantitative estimate of drug-likeness (QED) is 0.0746. The number of benzene rings is 6. The maximum Gasteiger partial charge on any atom is 0.258 e. The van der Waals surface area contributed by atoms with Gasteiger partial charge < -0.3 is 46.1 Å². The van der Waals surface area contributed by atoms with Crippen molar-refractivity contribution in [1.29, 1.82) is 0 Å². The van der Waals surface area contributed by atoms with E-state index in [1.807, 2.05) is 60.7 Å². The first-order chi connectivity index (χ1) is 33.1. The van der Waals surface area contributed by atoms with Gasteiger partial charge in [-0.2, -0.15) is 0 Å². The molecule has 3 saturated heterocycles. The van der Waals surface area contributed by atoms with E-state index in [4.69, 9.17) is 49.0 Å². The summed E-state index contributed by atoms with van der Waals surface area (Å²) in [6.45, 7) is 7.28. The van der Waals surface area contributed by atoms with Crippen LogP contribution in [-0.4, -0.2) is 76.3 Å². The molecule has 6 N–H and O–H groups in total. The molecule has 68 heavy (non-hydrogen) atoms. The van der Waals surface area contributed by atoms with E-state index in [1.54, 1.807) is 60.7 Å². The van der Waals surface area contributed by atoms with Crippen molar-refractivity contribution < 1.29 is 33.0 Å². The number of hydrogen-bond acceptors (Lipinski definition) is 9. The number of rotatable bonds is 11. The van der Waals surface area contributed by atoms with Gasteiger partial charge in [-0.05, 0) is 133 Å². The van der Waals surface area contributed by atoms with Gasteiger partial charge in [-0.15, -0.1) is 0 Å². The van der Waals surface area contributed by atoms with Crippen LogP contribution in [0.3, 0.4) is 0 Å². The predicted molar refractivity (Wildman–Crippen MR) is 267 cm³/mol. The number of carbonyl (C=O) groups is 3. The van der Waals surface area contributed by atoms with Crippen LogP contribution < -0.4 is 31.9 Å². The zero-order valence-corrected chi connectivity index (χ0v) is 39.3. The Labute approximate surface area is 410 Å². The van der Waals surface area contributed by atoms with Crippen molar-refractivity contribution in [3.05, 3.63) is 194 Å². The number of morpholine rings is 2. The maximum absolute atomic E-state index is 13.7. The van der Waals surface area contributed by atoms with Crippen molar-refractivity contribution in [3.63, 3.8) is 0 Å². The van der Waals surface area contributed by atoms with Crippen LogP contribution >= 0.6 is 34.8 Å². The van der Waals surface area contributed by atoms with Crippen molar-refractivity contribution in [3.8, 4) is 0 Å². The van der Waals surface area contributed by atoms with E-state index in [0.29, 0.717) is 46.2 Å². The molecule has 16 heteroatoms. The Morgan fingerprint density at radius 2 is 0.985 bits per heavy atom. The minimum absolute atomic E-state index is 0.0159. The van der Waals surface area contributed by atoms with E-state index >= 15 is 0 Å². The van der Waals surface area contributed by atoms with Crippen molar-refractivity contribution >= 4 is 69.6 Å². The number of nitrogens with one attached hydrogen (secondary N) is 6. The van der Waals surface area contributed by atoms with E-state index < -0.39 is 11.7 Å². The van der Waals surface area contributed by atoms with Crippen LogP contribution in [0.5, 0.6) is 0 Å². The Morgan fingerprint density at radius 1 is 0.544 bits per heavy atom. The summed E-state index contributed by atoms with van der Waals surface area (Å²) < 4.78 is 30.9. The number of carbonyl (C=O) groups excluding carboxylic acids is 3. The van der Waals surface area contributed by atoms with E-state index in [0.717, 1.165) is 86.4 Å². The zero-order chi connectivity index (χ0) is 47.7. The topological polar surface area (TPSA) is 151 Å². The summed E-state index contributed by atoms with van der Waals surface area (Å²) in [5.41, 5.74) is 6.47. The molecular weight excluding hydrogens is 930 g/mol. The number of ether oxygens (including phenoxy) is 3. The molecule has 3 fully saturated rings. The van der Waals surface area contributed by atoms with Gasteiger partial charge in [0.15, 0.2) is 0 Å². The molecule has 354 valence electrons. The molecule has 6 aromatic rings. The molecular formula is C52H52Cl3FN6O6. The molecule has 9 rings (SSSR count). The van der Waals surface area contributed by atoms with Gasteiger partial charge in [-0.25, -0.2) is 4.39 Å². The minimum Gasteiger partial charge on any atom is -0.372 e. The number of halogens is 4. The molecule has 2 unspecified atom stereocenters. The summed E-state index contributed by atoms with van der Waals surface area (Å²) in [6, 6.07) is 40.4.